The van der Waals surface area contributed by atoms with Crippen LogP contribution in [-0.4, -0.2) is 39.5 Å². The van der Waals surface area contributed by atoms with Crippen LogP contribution in [-0.2, 0) is 29.7 Å². The van der Waals surface area contributed by atoms with Crippen molar-refractivity contribution in [3.05, 3.63) is 35.7 Å². The minimum absolute atomic E-state index is 0.0124. The molecule has 2 N–H and O–H groups in total. The van der Waals surface area contributed by atoms with Gasteiger partial charge in [0.2, 0.25) is 0 Å². The van der Waals surface area contributed by atoms with E-state index in [0.717, 1.165) is 5.56 Å². The van der Waals surface area contributed by atoms with Crippen LogP contribution in [0, 0.1) is 0 Å². The zero-order chi connectivity index (χ0) is 17.5. The number of halogens is 3. The van der Waals surface area contributed by atoms with Crippen LogP contribution < -0.4 is 5.73 Å². The maximum absolute atomic E-state index is 12.7. The van der Waals surface area contributed by atoms with Crippen molar-refractivity contribution < 1.29 is 21.6 Å². The Hall–Kier alpha value is -1.98. The molecule has 0 spiro atoms. The predicted octanol–water partition coefficient (Wildman–Crippen LogP) is 1.07. The van der Waals surface area contributed by atoms with Crippen molar-refractivity contribution in [2.75, 3.05) is 6.54 Å². The number of sulfonamides is 1. The summed E-state index contributed by atoms with van der Waals surface area (Å²) in [6.45, 7) is -0.365. The Kier molecular flexibility index (Phi) is 4.10. The predicted molar refractivity (Wildman–Crippen MR) is 78.7 cm³/mol. The van der Waals surface area contributed by atoms with E-state index in [2.05, 4.69) is 10.1 Å². The summed E-state index contributed by atoms with van der Waals surface area (Å²) in [6.07, 6.45) is 0. The van der Waals surface area contributed by atoms with Gasteiger partial charge in [-0.15, -0.1) is 0 Å². The zero-order valence-corrected chi connectivity index (χ0v) is 13.2. The van der Waals surface area contributed by atoms with Crippen molar-refractivity contribution in [3.63, 3.8) is 0 Å². The number of hydrogen-bond donors (Lipinski definition) is 1. The van der Waals surface area contributed by atoms with E-state index in [1.165, 1.54) is 4.68 Å². The van der Waals surface area contributed by atoms with Gasteiger partial charge in [0.15, 0.2) is 5.82 Å². The Morgan fingerprint density at radius 2 is 1.83 bits per heavy atom. The highest BCUT2D eigenvalue weighted by molar-refractivity contribution is 7.89. The smallest absolute Gasteiger partial charge is 0.326 e. The summed E-state index contributed by atoms with van der Waals surface area (Å²) in [6, 6.07) is 7.12. The monoisotopic (exact) mass is 361 g/mol. The number of hydrogen-bond acceptors (Lipinski definition) is 5. The van der Waals surface area contributed by atoms with E-state index >= 15 is 0 Å². The molecule has 1 aliphatic heterocycles. The van der Waals surface area contributed by atoms with Gasteiger partial charge in [0, 0.05) is 18.7 Å². The van der Waals surface area contributed by atoms with Crippen molar-refractivity contribution in [3.8, 4) is 11.4 Å². The minimum atomic E-state index is -5.37. The fourth-order valence-corrected chi connectivity index (χ4v) is 3.28. The van der Waals surface area contributed by atoms with Crippen molar-refractivity contribution in [2.45, 2.75) is 25.1 Å². The topological polar surface area (TPSA) is 94.1 Å². The van der Waals surface area contributed by atoms with Gasteiger partial charge in [0.25, 0.3) is 0 Å². The number of benzene rings is 1. The SMILES string of the molecule is NCc1ccc(-c2nc3n(n2)CCN(S(=O)(=O)C(F)(F)F)C3)cc1. The van der Waals surface area contributed by atoms with Crippen LogP contribution in [0.2, 0.25) is 0 Å². The number of nitrogens with zero attached hydrogens (tertiary/aromatic N) is 4. The van der Waals surface area contributed by atoms with Crippen molar-refractivity contribution in [1.29, 1.82) is 0 Å². The van der Waals surface area contributed by atoms with E-state index < -0.39 is 22.1 Å². The van der Waals surface area contributed by atoms with Gasteiger partial charge < -0.3 is 5.73 Å². The van der Waals surface area contributed by atoms with E-state index in [0.29, 0.717) is 22.2 Å². The third-order valence-electron chi connectivity index (χ3n) is 3.71. The van der Waals surface area contributed by atoms with Gasteiger partial charge in [-0.05, 0) is 5.56 Å². The lowest BCUT2D eigenvalue weighted by atomic mass is 10.1. The van der Waals surface area contributed by atoms with Gasteiger partial charge in [0.05, 0.1) is 13.1 Å². The van der Waals surface area contributed by atoms with Gasteiger partial charge in [-0.1, -0.05) is 24.3 Å². The highest BCUT2D eigenvalue weighted by Crippen LogP contribution is 2.29. The lowest BCUT2D eigenvalue weighted by molar-refractivity contribution is -0.0496. The van der Waals surface area contributed by atoms with E-state index in [1.807, 2.05) is 0 Å². The minimum Gasteiger partial charge on any atom is -0.326 e. The summed E-state index contributed by atoms with van der Waals surface area (Å²) in [4.78, 5) is 4.17. The Labute approximate surface area is 135 Å². The first-order valence-corrected chi connectivity index (χ1v) is 8.46. The van der Waals surface area contributed by atoms with E-state index in [-0.39, 0.29) is 18.9 Å². The molecule has 0 amide bonds. The summed E-state index contributed by atoms with van der Waals surface area (Å²) in [5.74, 6) is 0.506. The molecule has 0 saturated heterocycles. The molecular formula is C13H14F3N5O2S. The number of alkyl halides is 3. The number of nitrogens with two attached hydrogens (primary N) is 1. The quantitative estimate of drug-likeness (QED) is 0.883. The maximum atomic E-state index is 12.7. The lowest BCUT2D eigenvalue weighted by Crippen LogP contribution is -2.44. The molecule has 0 saturated carbocycles. The molecule has 1 aliphatic rings. The second-order valence-corrected chi connectivity index (χ2v) is 7.19. The van der Waals surface area contributed by atoms with E-state index in [4.69, 9.17) is 5.73 Å². The van der Waals surface area contributed by atoms with Gasteiger partial charge >= 0.3 is 15.5 Å². The Bertz CT molecular complexity index is 845. The Morgan fingerprint density at radius 1 is 1.17 bits per heavy atom. The zero-order valence-electron chi connectivity index (χ0n) is 12.4. The van der Waals surface area contributed by atoms with Crippen LogP contribution in [0.25, 0.3) is 11.4 Å². The largest absolute Gasteiger partial charge is 0.511 e. The highest BCUT2D eigenvalue weighted by atomic mass is 32.2. The van der Waals surface area contributed by atoms with Crippen LogP contribution >= 0.6 is 0 Å². The summed E-state index contributed by atoms with van der Waals surface area (Å²) in [5, 5.41) is 4.23. The third-order valence-corrected chi connectivity index (χ3v) is 5.28. The first kappa shape index (κ1) is 16.9. The van der Waals surface area contributed by atoms with Crippen LogP contribution in [0.3, 0.4) is 0 Å². The molecule has 0 aliphatic carbocycles. The van der Waals surface area contributed by atoms with Gasteiger partial charge in [-0.3, -0.25) is 0 Å². The number of rotatable bonds is 3. The maximum Gasteiger partial charge on any atom is 0.511 e. The number of aromatic nitrogens is 3. The molecule has 0 fully saturated rings. The normalized spacial score (nSPS) is 16.2. The standard InChI is InChI=1S/C13H14F3N5O2S/c14-13(15,16)24(22,23)20-5-6-21-11(8-20)18-12(19-21)10-3-1-9(7-17)2-4-10/h1-4H,5-8,17H2. The van der Waals surface area contributed by atoms with E-state index in [1.54, 1.807) is 24.3 Å². The molecule has 0 radical (unpaired) electrons. The van der Waals surface area contributed by atoms with Gasteiger partial charge in [-0.2, -0.15) is 22.6 Å². The summed E-state index contributed by atoms with van der Waals surface area (Å²) >= 11 is 0. The molecule has 130 valence electrons. The van der Waals surface area contributed by atoms with Gasteiger partial charge in [0.1, 0.15) is 5.82 Å². The third kappa shape index (κ3) is 2.89. The Morgan fingerprint density at radius 3 is 2.42 bits per heavy atom. The molecule has 7 nitrogen and oxygen atoms in total. The van der Waals surface area contributed by atoms with Crippen LogP contribution in [0.5, 0.6) is 0 Å². The van der Waals surface area contributed by atoms with Crippen molar-refractivity contribution in [2.24, 2.45) is 5.73 Å². The highest BCUT2D eigenvalue weighted by Gasteiger charge is 2.50. The molecule has 1 aromatic heterocycles. The molecule has 2 aromatic rings. The Balaban J connectivity index is 1.87. The summed E-state index contributed by atoms with van der Waals surface area (Å²) < 4.78 is 62.7. The molecule has 24 heavy (non-hydrogen) atoms. The van der Waals surface area contributed by atoms with Crippen LogP contribution in [0.15, 0.2) is 24.3 Å². The average Bonchev–Trinajstić information content (AvgIpc) is 2.97. The second kappa shape index (κ2) is 5.83. The molecular weight excluding hydrogens is 347 g/mol. The second-order valence-electron chi connectivity index (χ2n) is 5.26. The fourth-order valence-electron chi connectivity index (χ4n) is 2.38. The average molecular weight is 361 g/mol. The molecule has 2 heterocycles. The lowest BCUT2D eigenvalue weighted by Gasteiger charge is -2.26. The molecule has 0 bridgehead atoms. The fraction of sp³-hybridized carbons (Fsp3) is 0.385. The summed E-state index contributed by atoms with van der Waals surface area (Å²) in [7, 11) is -5.37. The van der Waals surface area contributed by atoms with Crippen LogP contribution in [0.4, 0.5) is 13.2 Å². The van der Waals surface area contributed by atoms with Gasteiger partial charge in [-0.25, -0.2) is 18.1 Å². The molecule has 1 aromatic carbocycles. The molecule has 3 rings (SSSR count). The number of fused-ring (bicyclic) bond motifs is 1. The van der Waals surface area contributed by atoms with Crippen molar-refractivity contribution >= 4 is 10.0 Å². The molecule has 11 heteroatoms. The first-order chi connectivity index (χ1) is 11.2. The van der Waals surface area contributed by atoms with Crippen LogP contribution in [0.1, 0.15) is 11.4 Å². The van der Waals surface area contributed by atoms with E-state index in [9.17, 15) is 21.6 Å². The molecule has 0 atom stereocenters. The summed E-state index contributed by atoms with van der Waals surface area (Å²) in [5.41, 5.74) is 1.80. The first-order valence-electron chi connectivity index (χ1n) is 7.02. The molecule has 0 unspecified atom stereocenters. The van der Waals surface area contributed by atoms with Crippen molar-refractivity contribution in [1.82, 2.24) is 19.1 Å².